The highest BCUT2D eigenvalue weighted by atomic mass is 16.5. The van der Waals surface area contributed by atoms with Gasteiger partial charge in [0.15, 0.2) is 0 Å². The van der Waals surface area contributed by atoms with E-state index in [-0.39, 0.29) is 12.1 Å². The molecule has 1 N–H and O–H groups in total. The lowest BCUT2D eigenvalue weighted by Gasteiger charge is -2.22. The summed E-state index contributed by atoms with van der Waals surface area (Å²) in [5.74, 6) is 1.69. The Bertz CT molecular complexity index is 926. The summed E-state index contributed by atoms with van der Waals surface area (Å²) < 4.78 is 10.7. The zero-order valence-corrected chi connectivity index (χ0v) is 15.0. The van der Waals surface area contributed by atoms with Crippen LogP contribution in [0.1, 0.15) is 24.8 Å². The average molecular weight is 364 g/mol. The second kappa shape index (κ2) is 7.49. The SMILES string of the molecule is COc1cccc(NC(=O)N2CCC[C@H]2c2nc(-c3ccccc3)no2)c1. The molecule has 7 nitrogen and oxygen atoms in total. The van der Waals surface area contributed by atoms with Crippen molar-refractivity contribution in [2.45, 2.75) is 18.9 Å². The smallest absolute Gasteiger partial charge is 0.322 e. The van der Waals surface area contributed by atoms with Crippen molar-refractivity contribution in [3.05, 3.63) is 60.5 Å². The van der Waals surface area contributed by atoms with Crippen LogP contribution in [0.4, 0.5) is 10.5 Å². The Kier molecular flexibility index (Phi) is 4.74. The average Bonchev–Trinajstić information content (AvgIpc) is 3.38. The summed E-state index contributed by atoms with van der Waals surface area (Å²) in [6, 6.07) is 16.5. The van der Waals surface area contributed by atoms with Crippen molar-refractivity contribution in [2.75, 3.05) is 19.0 Å². The van der Waals surface area contributed by atoms with Crippen LogP contribution >= 0.6 is 0 Å². The molecule has 2 heterocycles. The number of hydrogen-bond donors (Lipinski definition) is 1. The van der Waals surface area contributed by atoms with Crippen molar-refractivity contribution >= 4 is 11.7 Å². The molecule has 0 saturated carbocycles. The zero-order valence-electron chi connectivity index (χ0n) is 15.0. The maximum Gasteiger partial charge on any atom is 0.322 e. The van der Waals surface area contributed by atoms with E-state index in [4.69, 9.17) is 9.26 Å². The van der Waals surface area contributed by atoms with Gasteiger partial charge in [0.2, 0.25) is 11.7 Å². The lowest BCUT2D eigenvalue weighted by Crippen LogP contribution is -2.34. The number of nitrogens with zero attached hydrogens (tertiary/aromatic N) is 3. The summed E-state index contributed by atoms with van der Waals surface area (Å²) in [4.78, 5) is 19.0. The number of anilines is 1. The molecule has 138 valence electrons. The quantitative estimate of drug-likeness (QED) is 0.753. The molecule has 0 bridgehead atoms. The molecule has 1 aliphatic rings. The Labute approximate surface area is 156 Å². The number of benzene rings is 2. The summed E-state index contributed by atoms with van der Waals surface area (Å²) >= 11 is 0. The molecule has 0 spiro atoms. The van der Waals surface area contributed by atoms with Crippen molar-refractivity contribution in [3.8, 4) is 17.1 Å². The van der Waals surface area contributed by atoms with Crippen molar-refractivity contribution in [1.82, 2.24) is 15.0 Å². The van der Waals surface area contributed by atoms with Crippen LogP contribution in [0, 0.1) is 0 Å². The van der Waals surface area contributed by atoms with Crippen LogP contribution in [0.2, 0.25) is 0 Å². The van der Waals surface area contributed by atoms with Gasteiger partial charge in [-0.1, -0.05) is 41.6 Å². The predicted molar refractivity (Wildman–Crippen MR) is 100 cm³/mol. The van der Waals surface area contributed by atoms with Gasteiger partial charge in [-0.2, -0.15) is 4.98 Å². The van der Waals surface area contributed by atoms with E-state index < -0.39 is 0 Å². The third kappa shape index (κ3) is 3.62. The molecule has 0 radical (unpaired) electrons. The van der Waals surface area contributed by atoms with Crippen LogP contribution in [0.5, 0.6) is 5.75 Å². The maximum absolute atomic E-state index is 12.8. The van der Waals surface area contributed by atoms with E-state index in [1.54, 1.807) is 18.1 Å². The van der Waals surface area contributed by atoms with E-state index in [1.165, 1.54) is 0 Å². The summed E-state index contributed by atoms with van der Waals surface area (Å²) in [6.45, 7) is 0.642. The Hall–Kier alpha value is -3.35. The number of aromatic nitrogens is 2. The van der Waals surface area contributed by atoms with E-state index in [0.717, 1.165) is 18.4 Å². The van der Waals surface area contributed by atoms with Crippen molar-refractivity contribution in [1.29, 1.82) is 0 Å². The lowest BCUT2D eigenvalue weighted by atomic mass is 10.2. The topological polar surface area (TPSA) is 80.5 Å². The fraction of sp³-hybridized carbons (Fsp3) is 0.250. The standard InChI is InChI=1S/C20H20N4O3/c1-26-16-10-5-9-15(13-16)21-20(25)24-12-6-11-17(24)19-22-18(23-27-19)14-7-3-2-4-8-14/h2-5,7-10,13,17H,6,11-12H2,1H3,(H,21,25)/t17-/m0/s1. The first-order chi connectivity index (χ1) is 13.2. The number of methoxy groups -OCH3 is 1. The van der Waals surface area contributed by atoms with Gasteiger partial charge >= 0.3 is 6.03 Å². The number of hydrogen-bond acceptors (Lipinski definition) is 5. The first kappa shape index (κ1) is 17.1. The van der Waals surface area contributed by atoms with Crippen LogP contribution in [-0.4, -0.2) is 34.7 Å². The fourth-order valence-electron chi connectivity index (χ4n) is 3.24. The molecule has 1 fully saturated rings. The highest BCUT2D eigenvalue weighted by molar-refractivity contribution is 5.90. The van der Waals surface area contributed by atoms with E-state index >= 15 is 0 Å². The Morgan fingerprint density at radius 2 is 2.07 bits per heavy atom. The molecule has 1 saturated heterocycles. The maximum atomic E-state index is 12.8. The highest BCUT2D eigenvalue weighted by Gasteiger charge is 2.34. The van der Waals surface area contributed by atoms with Gasteiger partial charge in [0.25, 0.3) is 0 Å². The molecular formula is C20H20N4O3. The zero-order chi connectivity index (χ0) is 18.6. The molecule has 1 atom stereocenters. The van der Waals surface area contributed by atoms with Gasteiger partial charge in [0.1, 0.15) is 11.8 Å². The van der Waals surface area contributed by atoms with Crippen LogP contribution < -0.4 is 10.1 Å². The number of likely N-dealkylation sites (tertiary alicyclic amines) is 1. The second-order valence-corrected chi connectivity index (χ2v) is 6.34. The van der Waals surface area contributed by atoms with Crippen LogP contribution in [0.15, 0.2) is 59.1 Å². The minimum Gasteiger partial charge on any atom is -0.497 e. The summed E-state index contributed by atoms with van der Waals surface area (Å²) in [7, 11) is 1.59. The molecule has 1 aromatic heterocycles. The van der Waals surface area contributed by atoms with Crippen LogP contribution in [0.25, 0.3) is 11.4 Å². The molecule has 3 aromatic rings. The van der Waals surface area contributed by atoms with Crippen molar-refractivity contribution < 1.29 is 14.1 Å². The van der Waals surface area contributed by atoms with E-state index in [0.29, 0.717) is 29.7 Å². The number of ether oxygens (including phenoxy) is 1. The largest absolute Gasteiger partial charge is 0.497 e. The molecule has 2 amide bonds. The number of nitrogens with one attached hydrogen (secondary N) is 1. The number of urea groups is 1. The van der Waals surface area contributed by atoms with Crippen LogP contribution in [0.3, 0.4) is 0 Å². The van der Waals surface area contributed by atoms with Gasteiger partial charge in [0.05, 0.1) is 7.11 Å². The molecule has 0 unspecified atom stereocenters. The van der Waals surface area contributed by atoms with E-state index in [9.17, 15) is 4.79 Å². The van der Waals surface area contributed by atoms with Crippen LogP contribution in [-0.2, 0) is 0 Å². The van der Waals surface area contributed by atoms with Gasteiger partial charge in [-0.25, -0.2) is 4.79 Å². The van der Waals surface area contributed by atoms with Crippen molar-refractivity contribution in [2.24, 2.45) is 0 Å². The number of rotatable bonds is 4. The first-order valence-electron chi connectivity index (χ1n) is 8.85. The minimum absolute atomic E-state index is 0.190. The Balaban J connectivity index is 1.50. The van der Waals surface area contributed by atoms with Gasteiger partial charge in [-0.3, -0.25) is 0 Å². The van der Waals surface area contributed by atoms with Gasteiger partial charge in [-0.05, 0) is 25.0 Å². The predicted octanol–water partition coefficient (Wildman–Crippen LogP) is 4.11. The first-order valence-corrected chi connectivity index (χ1v) is 8.85. The molecule has 4 rings (SSSR count). The van der Waals surface area contributed by atoms with Gasteiger partial charge in [0, 0.05) is 23.9 Å². The number of amides is 2. The monoisotopic (exact) mass is 364 g/mol. The normalized spacial score (nSPS) is 16.3. The lowest BCUT2D eigenvalue weighted by molar-refractivity contribution is 0.193. The molecule has 7 heteroatoms. The molecule has 1 aliphatic heterocycles. The Morgan fingerprint density at radius 1 is 1.22 bits per heavy atom. The minimum atomic E-state index is -0.222. The molecule has 0 aliphatic carbocycles. The summed E-state index contributed by atoms with van der Waals surface area (Å²) in [5.41, 5.74) is 1.57. The third-order valence-electron chi connectivity index (χ3n) is 4.59. The second-order valence-electron chi connectivity index (χ2n) is 6.34. The third-order valence-corrected chi connectivity index (χ3v) is 4.59. The van der Waals surface area contributed by atoms with E-state index in [1.807, 2.05) is 48.5 Å². The van der Waals surface area contributed by atoms with E-state index in [2.05, 4.69) is 15.5 Å². The molecular weight excluding hydrogens is 344 g/mol. The van der Waals surface area contributed by atoms with Crippen molar-refractivity contribution in [3.63, 3.8) is 0 Å². The Morgan fingerprint density at radius 3 is 2.89 bits per heavy atom. The van der Waals surface area contributed by atoms with Gasteiger partial charge < -0.3 is 19.5 Å². The highest BCUT2D eigenvalue weighted by Crippen LogP contribution is 2.32. The number of carbonyl (C=O) groups is 1. The molecule has 2 aromatic carbocycles. The summed E-state index contributed by atoms with van der Waals surface area (Å²) in [5, 5.41) is 6.98. The van der Waals surface area contributed by atoms with Gasteiger partial charge in [-0.15, -0.1) is 0 Å². The fourth-order valence-corrected chi connectivity index (χ4v) is 3.24. The molecule has 27 heavy (non-hydrogen) atoms. The summed E-state index contributed by atoms with van der Waals surface area (Å²) in [6.07, 6.45) is 1.68. The number of carbonyl (C=O) groups excluding carboxylic acids is 1.